The van der Waals surface area contributed by atoms with Crippen molar-refractivity contribution in [2.45, 2.75) is 13.8 Å². The number of likely N-dealkylation sites (N-methyl/N-ethyl adjacent to an activating group) is 2. The van der Waals surface area contributed by atoms with Crippen molar-refractivity contribution >= 4 is 5.91 Å². The fourth-order valence-electron chi connectivity index (χ4n) is 0.712. The molecule has 0 aliphatic carbocycles. The van der Waals surface area contributed by atoms with Crippen molar-refractivity contribution in [3.63, 3.8) is 0 Å². The molecule has 0 rings (SSSR count). The maximum Gasteiger partial charge on any atom is 0.246 e. The molecule has 0 atom stereocenters. The molecule has 1 N–H and O–H groups in total. The Bertz CT molecular complexity index is 173. The summed E-state index contributed by atoms with van der Waals surface area (Å²) in [5.41, 5.74) is 0.783. The molecule has 70 valence electrons. The number of carbonyl (C=O) groups is 1. The highest BCUT2D eigenvalue weighted by Gasteiger charge is 2.00. The number of hydrogen-bond donors (Lipinski definition) is 1. The van der Waals surface area contributed by atoms with Gasteiger partial charge in [0.05, 0.1) is 0 Å². The SMILES string of the molecule is CCNC(=O)/C(C)=C/CN(C)C. The molecule has 0 aromatic heterocycles. The van der Waals surface area contributed by atoms with E-state index >= 15 is 0 Å². The highest BCUT2D eigenvalue weighted by atomic mass is 16.1. The number of amides is 1. The molecule has 3 heteroatoms. The monoisotopic (exact) mass is 170 g/mol. The van der Waals surface area contributed by atoms with Crippen LogP contribution in [0.25, 0.3) is 0 Å². The molecule has 0 heterocycles. The van der Waals surface area contributed by atoms with Crippen molar-refractivity contribution in [3.8, 4) is 0 Å². The minimum Gasteiger partial charge on any atom is -0.353 e. The van der Waals surface area contributed by atoms with Crippen LogP contribution in [0, 0.1) is 0 Å². The Balaban J connectivity index is 3.90. The molecule has 12 heavy (non-hydrogen) atoms. The lowest BCUT2D eigenvalue weighted by atomic mass is 10.2. The first-order valence-electron chi connectivity index (χ1n) is 4.17. The highest BCUT2D eigenvalue weighted by molar-refractivity contribution is 5.92. The van der Waals surface area contributed by atoms with E-state index in [0.29, 0.717) is 6.54 Å². The number of hydrogen-bond acceptors (Lipinski definition) is 2. The molecular weight excluding hydrogens is 152 g/mol. The summed E-state index contributed by atoms with van der Waals surface area (Å²) in [7, 11) is 3.95. The van der Waals surface area contributed by atoms with Gasteiger partial charge in [0.15, 0.2) is 0 Å². The largest absolute Gasteiger partial charge is 0.353 e. The molecule has 0 aromatic rings. The van der Waals surface area contributed by atoms with Gasteiger partial charge in [-0.1, -0.05) is 6.08 Å². The van der Waals surface area contributed by atoms with E-state index in [9.17, 15) is 4.79 Å². The molecule has 0 aliphatic rings. The molecule has 3 nitrogen and oxygen atoms in total. The average Bonchev–Trinajstić information content (AvgIpc) is 2.00. The summed E-state index contributed by atoms with van der Waals surface area (Å²) in [6, 6.07) is 0. The van der Waals surface area contributed by atoms with Crippen LogP contribution in [0.4, 0.5) is 0 Å². The standard InChI is InChI=1S/C9H18N2O/c1-5-10-9(12)8(2)6-7-11(3)4/h6H,5,7H2,1-4H3,(H,10,12)/b8-6+. The lowest BCUT2D eigenvalue weighted by Gasteiger charge is -2.06. The van der Waals surface area contributed by atoms with Crippen molar-refractivity contribution in [3.05, 3.63) is 11.6 Å². The van der Waals surface area contributed by atoms with Crippen LogP contribution in [0.1, 0.15) is 13.8 Å². The first-order chi connectivity index (χ1) is 5.57. The third-order valence-corrected chi connectivity index (χ3v) is 1.46. The fourth-order valence-corrected chi connectivity index (χ4v) is 0.712. The molecule has 0 aromatic carbocycles. The Morgan fingerprint density at radius 1 is 1.50 bits per heavy atom. The summed E-state index contributed by atoms with van der Waals surface area (Å²) in [6.45, 7) is 5.24. The second-order valence-electron chi connectivity index (χ2n) is 3.01. The number of nitrogens with zero attached hydrogens (tertiary/aromatic N) is 1. The van der Waals surface area contributed by atoms with Crippen LogP contribution in [0.15, 0.2) is 11.6 Å². The predicted octanol–water partition coefficient (Wildman–Crippen LogP) is 0.630. The van der Waals surface area contributed by atoms with E-state index in [-0.39, 0.29) is 5.91 Å². The van der Waals surface area contributed by atoms with Gasteiger partial charge in [-0.05, 0) is 27.9 Å². The van der Waals surface area contributed by atoms with E-state index in [1.165, 1.54) is 0 Å². The van der Waals surface area contributed by atoms with Gasteiger partial charge >= 0.3 is 0 Å². The summed E-state index contributed by atoms with van der Waals surface area (Å²) >= 11 is 0. The van der Waals surface area contributed by atoms with Crippen LogP contribution < -0.4 is 5.32 Å². The van der Waals surface area contributed by atoms with Crippen LogP contribution in [0.3, 0.4) is 0 Å². The van der Waals surface area contributed by atoms with Gasteiger partial charge in [0.25, 0.3) is 0 Å². The maximum absolute atomic E-state index is 11.2. The third kappa shape index (κ3) is 4.91. The van der Waals surface area contributed by atoms with Crippen molar-refractivity contribution in [1.29, 1.82) is 0 Å². The van der Waals surface area contributed by atoms with E-state index in [1.807, 2.05) is 38.9 Å². The number of carbonyl (C=O) groups excluding carboxylic acids is 1. The van der Waals surface area contributed by atoms with Crippen LogP contribution in [0.5, 0.6) is 0 Å². The average molecular weight is 170 g/mol. The van der Waals surface area contributed by atoms with Gasteiger partial charge in [-0.15, -0.1) is 0 Å². The Hall–Kier alpha value is -0.830. The summed E-state index contributed by atoms with van der Waals surface area (Å²) in [5, 5.41) is 2.74. The van der Waals surface area contributed by atoms with Gasteiger partial charge in [-0.25, -0.2) is 0 Å². The Morgan fingerprint density at radius 3 is 2.50 bits per heavy atom. The molecule has 1 amide bonds. The van der Waals surface area contributed by atoms with Crippen molar-refractivity contribution in [2.24, 2.45) is 0 Å². The maximum atomic E-state index is 11.2. The van der Waals surface area contributed by atoms with Gasteiger partial charge in [-0.3, -0.25) is 4.79 Å². The lowest BCUT2D eigenvalue weighted by molar-refractivity contribution is -0.117. The van der Waals surface area contributed by atoms with Crippen molar-refractivity contribution in [1.82, 2.24) is 10.2 Å². The summed E-state index contributed by atoms with van der Waals surface area (Å²) in [4.78, 5) is 13.2. The first kappa shape index (κ1) is 11.2. The molecule has 0 fully saturated rings. The Morgan fingerprint density at radius 2 is 2.08 bits per heavy atom. The highest BCUT2D eigenvalue weighted by Crippen LogP contribution is 1.92. The van der Waals surface area contributed by atoms with Crippen molar-refractivity contribution in [2.75, 3.05) is 27.2 Å². The molecule has 0 spiro atoms. The van der Waals surface area contributed by atoms with E-state index in [4.69, 9.17) is 0 Å². The Kier molecular flexibility index (Phi) is 5.37. The molecule has 0 unspecified atom stereocenters. The fraction of sp³-hybridized carbons (Fsp3) is 0.667. The van der Waals surface area contributed by atoms with E-state index in [0.717, 1.165) is 12.1 Å². The first-order valence-corrected chi connectivity index (χ1v) is 4.17. The smallest absolute Gasteiger partial charge is 0.246 e. The second-order valence-corrected chi connectivity index (χ2v) is 3.01. The molecule has 0 saturated heterocycles. The minimum atomic E-state index is 0.0272. The zero-order valence-corrected chi connectivity index (χ0v) is 8.35. The number of nitrogens with one attached hydrogen (secondary N) is 1. The molecule has 0 radical (unpaired) electrons. The van der Waals surface area contributed by atoms with Crippen molar-refractivity contribution < 1.29 is 4.79 Å². The quantitative estimate of drug-likeness (QED) is 0.628. The van der Waals surface area contributed by atoms with Gasteiger partial charge in [0.1, 0.15) is 0 Å². The summed E-state index contributed by atoms with van der Waals surface area (Å²) in [5.74, 6) is 0.0272. The normalized spacial score (nSPS) is 11.9. The summed E-state index contributed by atoms with van der Waals surface area (Å²) in [6.07, 6.45) is 1.92. The van der Waals surface area contributed by atoms with E-state index in [1.54, 1.807) is 0 Å². The van der Waals surface area contributed by atoms with Crippen LogP contribution in [0.2, 0.25) is 0 Å². The topological polar surface area (TPSA) is 32.3 Å². The van der Waals surface area contributed by atoms with Gasteiger partial charge in [0.2, 0.25) is 5.91 Å². The zero-order chi connectivity index (χ0) is 9.56. The number of rotatable bonds is 4. The predicted molar refractivity (Wildman–Crippen MR) is 51.0 cm³/mol. The second kappa shape index (κ2) is 5.77. The molecule has 0 bridgehead atoms. The van der Waals surface area contributed by atoms with Gasteiger partial charge < -0.3 is 10.2 Å². The zero-order valence-electron chi connectivity index (χ0n) is 8.35. The lowest BCUT2D eigenvalue weighted by Crippen LogP contribution is -2.24. The minimum absolute atomic E-state index is 0.0272. The van der Waals surface area contributed by atoms with E-state index in [2.05, 4.69) is 5.32 Å². The van der Waals surface area contributed by atoms with Crippen LogP contribution in [-0.4, -0.2) is 38.0 Å². The molecule has 0 aliphatic heterocycles. The van der Waals surface area contributed by atoms with Crippen LogP contribution >= 0.6 is 0 Å². The molecular formula is C9H18N2O. The van der Waals surface area contributed by atoms with Gasteiger partial charge in [-0.2, -0.15) is 0 Å². The van der Waals surface area contributed by atoms with Gasteiger partial charge in [0, 0.05) is 18.7 Å². The summed E-state index contributed by atoms with van der Waals surface area (Å²) < 4.78 is 0. The third-order valence-electron chi connectivity index (χ3n) is 1.46. The Labute approximate surface area is 74.4 Å². The van der Waals surface area contributed by atoms with Crippen LogP contribution in [-0.2, 0) is 4.79 Å². The molecule has 0 saturated carbocycles. The van der Waals surface area contributed by atoms with E-state index < -0.39 is 0 Å².